The third-order valence-corrected chi connectivity index (χ3v) is 5.42. The van der Waals surface area contributed by atoms with Gasteiger partial charge in [0.2, 0.25) is 0 Å². The Hall–Kier alpha value is -5.63. The maximum atomic E-state index is 9.31. The molecular weight excluding hydrogens is 492 g/mol. The number of nitrogens with zero attached hydrogens (tertiary/aromatic N) is 3. The second-order valence-corrected chi connectivity index (χ2v) is 8.11. The average molecular weight is 519 g/mol. The van der Waals surface area contributed by atoms with Crippen molar-refractivity contribution in [3.8, 4) is 23.1 Å². The Kier molecular flexibility index (Phi) is 8.86. The zero-order valence-electron chi connectivity index (χ0n) is 20.8. The van der Waals surface area contributed by atoms with Gasteiger partial charge in [0.1, 0.15) is 33.8 Å². The van der Waals surface area contributed by atoms with Gasteiger partial charge in [-0.25, -0.2) is 0 Å². The van der Waals surface area contributed by atoms with Gasteiger partial charge in [0, 0.05) is 40.9 Å². The highest BCUT2D eigenvalue weighted by atomic mass is 16.3. The lowest BCUT2D eigenvalue weighted by Crippen LogP contribution is -1.76. The first-order valence-electron chi connectivity index (χ1n) is 11.9. The van der Waals surface area contributed by atoms with Crippen molar-refractivity contribution < 1.29 is 20.4 Å². The number of benzene rings is 3. The van der Waals surface area contributed by atoms with Gasteiger partial charge in [0.25, 0.3) is 0 Å². The second kappa shape index (κ2) is 13.1. The molecule has 8 nitrogen and oxygen atoms in total. The first kappa shape index (κ1) is 26.4. The fraction of sp³-hybridized carbons (Fsp3) is 0. The summed E-state index contributed by atoms with van der Waals surface area (Å²) in [6.45, 7) is 0. The number of aromatic amines is 1. The van der Waals surface area contributed by atoms with Crippen LogP contribution in [0.3, 0.4) is 0 Å². The molecular formula is C31H26N4O4. The molecule has 7 aromatic rings. The van der Waals surface area contributed by atoms with Gasteiger partial charge in [-0.3, -0.25) is 15.0 Å². The van der Waals surface area contributed by atoms with E-state index < -0.39 is 0 Å². The summed E-state index contributed by atoms with van der Waals surface area (Å²) in [5.41, 5.74) is 1.99. The van der Waals surface area contributed by atoms with Gasteiger partial charge < -0.3 is 25.4 Å². The van der Waals surface area contributed by atoms with Crippen LogP contribution in [0.4, 0.5) is 0 Å². The van der Waals surface area contributed by atoms with Gasteiger partial charge in [-0.05, 0) is 48.5 Å². The van der Waals surface area contributed by atoms with Crippen LogP contribution in [0.25, 0.3) is 32.7 Å². The molecule has 3 aromatic carbocycles. The first-order valence-corrected chi connectivity index (χ1v) is 11.9. The van der Waals surface area contributed by atoms with Gasteiger partial charge in [-0.15, -0.1) is 0 Å². The van der Waals surface area contributed by atoms with Gasteiger partial charge in [-0.2, -0.15) is 0 Å². The SMILES string of the molecule is Oc1ccc[nH]1.Oc1cccc2cccnc12.Oc1cccc2cccnc12.Oc1cccc2cccnc12. The maximum absolute atomic E-state index is 9.31. The van der Waals surface area contributed by atoms with E-state index in [4.69, 9.17) is 5.11 Å². The van der Waals surface area contributed by atoms with Crippen LogP contribution < -0.4 is 0 Å². The average Bonchev–Trinajstić information content (AvgIpc) is 3.46. The molecule has 0 saturated heterocycles. The summed E-state index contributed by atoms with van der Waals surface area (Å²) in [6, 6.07) is 30.7. The molecule has 0 aliphatic heterocycles. The minimum absolute atomic E-state index is 0.218. The summed E-state index contributed by atoms with van der Waals surface area (Å²) >= 11 is 0. The predicted octanol–water partition coefficient (Wildman–Crippen LogP) is 6.54. The van der Waals surface area contributed by atoms with Crippen LogP contribution in [-0.4, -0.2) is 40.4 Å². The molecule has 4 heterocycles. The molecule has 0 fully saturated rings. The Balaban J connectivity index is 0.000000123. The largest absolute Gasteiger partial charge is 0.506 e. The molecule has 4 aromatic heterocycles. The summed E-state index contributed by atoms with van der Waals surface area (Å²) in [5, 5.41) is 39.2. The van der Waals surface area contributed by atoms with Crippen LogP contribution >= 0.6 is 0 Å². The summed E-state index contributed by atoms with van der Waals surface area (Å²) in [4.78, 5) is 14.6. The zero-order valence-corrected chi connectivity index (χ0v) is 20.8. The molecule has 7 rings (SSSR count). The van der Waals surface area contributed by atoms with E-state index in [1.165, 1.54) is 0 Å². The van der Waals surface area contributed by atoms with E-state index in [-0.39, 0.29) is 23.1 Å². The fourth-order valence-electron chi connectivity index (χ4n) is 3.59. The number of nitrogens with one attached hydrogen (secondary N) is 1. The number of phenols is 3. The molecule has 0 saturated carbocycles. The van der Waals surface area contributed by atoms with E-state index >= 15 is 0 Å². The van der Waals surface area contributed by atoms with Crippen molar-refractivity contribution in [1.82, 2.24) is 19.9 Å². The third kappa shape index (κ3) is 7.21. The van der Waals surface area contributed by atoms with Crippen LogP contribution in [0.2, 0.25) is 0 Å². The van der Waals surface area contributed by atoms with E-state index in [1.54, 1.807) is 73.3 Å². The number of para-hydroxylation sites is 3. The minimum atomic E-state index is 0.218. The number of H-pyrrole nitrogens is 1. The van der Waals surface area contributed by atoms with Crippen LogP contribution in [0.1, 0.15) is 0 Å². The molecule has 0 aliphatic carbocycles. The standard InChI is InChI=1S/3C9H7NO.C4H5NO/c3*11-8-5-1-3-7-4-2-6-10-9(7)8;6-4-2-1-3-5-4/h3*1-6,11H;1-3,5-6H. The highest BCUT2D eigenvalue weighted by Gasteiger charge is 1.98. The molecule has 0 spiro atoms. The molecule has 0 radical (unpaired) electrons. The lowest BCUT2D eigenvalue weighted by atomic mass is 10.2. The lowest BCUT2D eigenvalue weighted by molar-refractivity contribution is 0.457. The summed E-state index contributed by atoms with van der Waals surface area (Å²) < 4.78 is 0. The zero-order chi connectivity index (χ0) is 27.5. The number of pyridine rings is 3. The highest BCUT2D eigenvalue weighted by Crippen LogP contribution is 2.22. The van der Waals surface area contributed by atoms with E-state index in [0.29, 0.717) is 16.6 Å². The van der Waals surface area contributed by atoms with E-state index in [1.807, 2.05) is 54.6 Å². The number of fused-ring (bicyclic) bond motifs is 3. The van der Waals surface area contributed by atoms with Crippen LogP contribution in [0.5, 0.6) is 23.1 Å². The van der Waals surface area contributed by atoms with Crippen molar-refractivity contribution in [3.05, 3.63) is 128 Å². The number of aromatic nitrogens is 4. The Bertz CT molecular complexity index is 1570. The van der Waals surface area contributed by atoms with Crippen LogP contribution in [0.15, 0.2) is 128 Å². The van der Waals surface area contributed by atoms with Crippen molar-refractivity contribution in [2.24, 2.45) is 0 Å². The van der Waals surface area contributed by atoms with Gasteiger partial charge in [0.05, 0.1) is 0 Å². The number of rotatable bonds is 0. The molecule has 0 amide bonds. The number of phenolic OH excluding ortho intramolecular Hbond substituents is 3. The van der Waals surface area contributed by atoms with E-state index in [9.17, 15) is 15.3 Å². The summed E-state index contributed by atoms with van der Waals surface area (Å²) in [5.74, 6) is 0.935. The quantitative estimate of drug-likeness (QED) is 0.154. The Morgan fingerprint density at radius 1 is 0.410 bits per heavy atom. The predicted molar refractivity (Wildman–Crippen MR) is 153 cm³/mol. The van der Waals surface area contributed by atoms with Gasteiger partial charge in [-0.1, -0.05) is 54.6 Å². The van der Waals surface area contributed by atoms with Crippen molar-refractivity contribution in [2.75, 3.05) is 0 Å². The Morgan fingerprint density at radius 2 is 0.769 bits per heavy atom. The monoisotopic (exact) mass is 518 g/mol. The van der Waals surface area contributed by atoms with E-state index in [0.717, 1.165) is 16.2 Å². The van der Waals surface area contributed by atoms with Gasteiger partial charge in [0.15, 0.2) is 5.88 Å². The summed E-state index contributed by atoms with van der Waals surface area (Å²) in [6.07, 6.45) is 6.67. The van der Waals surface area contributed by atoms with Crippen molar-refractivity contribution in [3.63, 3.8) is 0 Å². The normalized spacial score (nSPS) is 9.95. The minimum Gasteiger partial charge on any atom is -0.506 e. The molecule has 8 heteroatoms. The molecule has 0 unspecified atom stereocenters. The summed E-state index contributed by atoms with van der Waals surface area (Å²) in [7, 11) is 0. The highest BCUT2D eigenvalue weighted by molar-refractivity contribution is 5.85. The molecule has 0 atom stereocenters. The number of hydrogen-bond donors (Lipinski definition) is 5. The first-order chi connectivity index (χ1) is 19.0. The topological polar surface area (TPSA) is 135 Å². The Labute approximate surface area is 224 Å². The van der Waals surface area contributed by atoms with Gasteiger partial charge >= 0.3 is 0 Å². The smallest absolute Gasteiger partial charge is 0.188 e. The van der Waals surface area contributed by atoms with Crippen molar-refractivity contribution in [2.45, 2.75) is 0 Å². The molecule has 0 aliphatic rings. The Morgan fingerprint density at radius 3 is 1.03 bits per heavy atom. The number of aromatic hydroxyl groups is 4. The second-order valence-electron chi connectivity index (χ2n) is 8.11. The maximum Gasteiger partial charge on any atom is 0.188 e. The van der Waals surface area contributed by atoms with Crippen LogP contribution in [-0.2, 0) is 0 Å². The molecule has 194 valence electrons. The fourth-order valence-corrected chi connectivity index (χ4v) is 3.59. The third-order valence-electron chi connectivity index (χ3n) is 5.42. The van der Waals surface area contributed by atoms with Crippen molar-refractivity contribution in [1.29, 1.82) is 0 Å². The van der Waals surface area contributed by atoms with E-state index in [2.05, 4.69) is 19.9 Å². The molecule has 5 N–H and O–H groups in total. The molecule has 0 bridgehead atoms. The lowest BCUT2D eigenvalue weighted by Gasteiger charge is -1.96. The van der Waals surface area contributed by atoms with Crippen LogP contribution in [0, 0.1) is 0 Å². The number of hydrogen-bond acceptors (Lipinski definition) is 7. The molecule has 39 heavy (non-hydrogen) atoms. The van der Waals surface area contributed by atoms with Crippen molar-refractivity contribution >= 4 is 32.7 Å².